The first-order valence-corrected chi connectivity index (χ1v) is 14.8. The standard InChI is InChI=1S/C34H39ClN2O4/c1-7-37-25-15-33(3,4)17-27(38)31(25)30(32-26(37)16-34(5,6)18-28(32)39)21-9-12-23(13-10-21)41-19-29(40)36-22-11-8-20(2)24(35)14-22/h8-14,30H,7,15-19H2,1-6H3,(H,36,40). The second kappa shape index (κ2) is 10.8. The topological polar surface area (TPSA) is 75.7 Å². The number of amides is 1. The van der Waals surface area contributed by atoms with Crippen LogP contribution in [0.1, 0.15) is 77.3 Å². The third kappa shape index (κ3) is 5.85. The molecule has 0 saturated carbocycles. The van der Waals surface area contributed by atoms with Gasteiger partial charge in [-0.1, -0.05) is 57.5 Å². The largest absolute Gasteiger partial charge is 0.484 e. The van der Waals surface area contributed by atoms with Crippen molar-refractivity contribution in [1.29, 1.82) is 0 Å². The number of nitrogens with zero attached hydrogens (tertiary/aromatic N) is 1. The van der Waals surface area contributed by atoms with Crippen LogP contribution in [0.25, 0.3) is 0 Å². The van der Waals surface area contributed by atoms with Crippen molar-refractivity contribution in [3.8, 4) is 5.75 Å². The van der Waals surface area contributed by atoms with E-state index in [0.717, 1.165) is 53.1 Å². The van der Waals surface area contributed by atoms with Crippen molar-refractivity contribution >= 4 is 34.8 Å². The zero-order chi connectivity index (χ0) is 29.7. The van der Waals surface area contributed by atoms with Gasteiger partial charge in [-0.3, -0.25) is 14.4 Å². The van der Waals surface area contributed by atoms with Crippen LogP contribution in [0, 0.1) is 17.8 Å². The first-order chi connectivity index (χ1) is 19.3. The maximum atomic E-state index is 13.7. The summed E-state index contributed by atoms with van der Waals surface area (Å²) in [7, 11) is 0. The molecular formula is C34H39ClN2O4. The highest BCUT2D eigenvalue weighted by molar-refractivity contribution is 6.31. The van der Waals surface area contributed by atoms with E-state index in [1.165, 1.54) is 0 Å². The summed E-state index contributed by atoms with van der Waals surface area (Å²) in [5.74, 6) is 0.0941. The number of hydrogen-bond acceptors (Lipinski definition) is 5. The molecule has 5 rings (SSSR count). The van der Waals surface area contributed by atoms with E-state index in [9.17, 15) is 14.4 Å². The number of hydrogen-bond donors (Lipinski definition) is 1. The Bertz CT molecular complexity index is 1430. The van der Waals surface area contributed by atoms with E-state index in [2.05, 4.69) is 44.8 Å². The summed E-state index contributed by atoms with van der Waals surface area (Å²) in [6.45, 7) is 13.1. The molecule has 6 nitrogen and oxygen atoms in total. The van der Waals surface area contributed by atoms with Gasteiger partial charge in [0.15, 0.2) is 18.2 Å². The Balaban J connectivity index is 1.43. The van der Waals surface area contributed by atoms with Crippen LogP contribution in [0.2, 0.25) is 5.02 Å². The monoisotopic (exact) mass is 574 g/mol. The molecule has 0 atom stereocenters. The molecule has 0 bridgehead atoms. The zero-order valence-corrected chi connectivity index (χ0v) is 25.6. The Labute approximate surface area is 247 Å². The first-order valence-electron chi connectivity index (χ1n) is 14.4. The van der Waals surface area contributed by atoms with E-state index in [4.69, 9.17) is 16.3 Å². The Morgan fingerprint density at radius 3 is 2.00 bits per heavy atom. The third-order valence-electron chi connectivity index (χ3n) is 8.38. The summed E-state index contributed by atoms with van der Waals surface area (Å²) in [5, 5.41) is 3.38. The number of carbonyl (C=O) groups is 3. The molecule has 1 heterocycles. The minimum atomic E-state index is -0.390. The first kappa shape index (κ1) is 29.1. The number of benzene rings is 2. The van der Waals surface area contributed by atoms with Crippen LogP contribution in [-0.2, 0) is 14.4 Å². The smallest absolute Gasteiger partial charge is 0.262 e. The number of ether oxygens (including phenoxy) is 1. The van der Waals surface area contributed by atoms with Gasteiger partial charge in [-0.2, -0.15) is 0 Å². The van der Waals surface area contributed by atoms with Gasteiger partial charge in [-0.25, -0.2) is 0 Å². The molecule has 1 amide bonds. The molecule has 216 valence electrons. The van der Waals surface area contributed by atoms with E-state index in [1.807, 2.05) is 37.3 Å². The van der Waals surface area contributed by atoms with Crippen molar-refractivity contribution in [2.75, 3.05) is 18.5 Å². The maximum absolute atomic E-state index is 13.7. The quantitative estimate of drug-likeness (QED) is 0.390. The molecular weight excluding hydrogens is 536 g/mol. The highest BCUT2D eigenvalue weighted by Crippen LogP contribution is 2.54. The van der Waals surface area contributed by atoms with Gasteiger partial charge < -0.3 is 15.0 Å². The Kier molecular flexibility index (Phi) is 7.66. The number of aryl methyl sites for hydroxylation is 1. The summed E-state index contributed by atoms with van der Waals surface area (Å²) in [5.41, 5.74) is 5.83. The van der Waals surface area contributed by atoms with Gasteiger partial charge >= 0.3 is 0 Å². The van der Waals surface area contributed by atoms with E-state index in [-0.39, 0.29) is 34.9 Å². The summed E-state index contributed by atoms with van der Waals surface area (Å²) in [6, 6.07) is 12.8. The lowest BCUT2D eigenvalue weighted by atomic mass is 9.63. The van der Waals surface area contributed by atoms with Crippen molar-refractivity contribution in [1.82, 2.24) is 4.90 Å². The van der Waals surface area contributed by atoms with Crippen LogP contribution in [0.15, 0.2) is 65.0 Å². The number of halogens is 1. The molecule has 1 aliphatic heterocycles. The molecule has 0 spiro atoms. The summed E-state index contributed by atoms with van der Waals surface area (Å²) >= 11 is 6.16. The Morgan fingerprint density at radius 2 is 1.49 bits per heavy atom. The molecule has 0 unspecified atom stereocenters. The molecule has 7 heteroatoms. The molecule has 2 aromatic rings. The van der Waals surface area contributed by atoms with Crippen LogP contribution in [0.3, 0.4) is 0 Å². The maximum Gasteiger partial charge on any atom is 0.262 e. The number of rotatable bonds is 6. The number of carbonyl (C=O) groups excluding carboxylic acids is 3. The summed E-state index contributed by atoms with van der Waals surface area (Å²) < 4.78 is 5.77. The second-order valence-corrected chi connectivity index (χ2v) is 13.6. The number of anilines is 1. The predicted molar refractivity (Wildman–Crippen MR) is 162 cm³/mol. The van der Waals surface area contributed by atoms with E-state index >= 15 is 0 Å². The van der Waals surface area contributed by atoms with Crippen LogP contribution >= 0.6 is 11.6 Å². The van der Waals surface area contributed by atoms with Gasteiger partial charge in [0.25, 0.3) is 5.91 Å². The second-order valence-electron chi connectivity index (χ2n) is 13.1. The molecule has 3 aliphatic rings. The van der Waals surface area contributed by atoms with Gasteiger partial charge in [-0.15, -0.1) is 0 Å². The number of Topliss-reactive ketones (excluding diaryl/α,β-unsaturated/α-hetero) is 2. The number of allylic oxidation sites excluding steroid dienone is 4. The van der Waals surface area contributed by atoms with Crippen molar-refractivity contribution < 1.29 is 19.1 Å². The summed E-state index contributed by atoms with van der Waals surface area (Å²) in [6.07, 6.45) is 2.52. The SMILES string of the molecule is CCN1C2=C(C(=O)CC(C)(C)C2)C(c2ccc(OCC(=O)Nc3ccc(C)c(Cl)c3)cc2)C2=C1CC(C)(C)CC2=O. The lowest BCUT2D eigenvalue weighted by Crippen LogP contribution is -2.44. The molecule has 0 saturated heterocycles. The van der Waals surface area contributed by atoms with Crippen molar-refractivity contribution in [2.24, 2.45) is 10.8 Å². The molecule has 0 fully saturated rings. The fourth-order valence-corrected chi connectivity index (χ4v) is 6.72. The van der Waals surface area contributed by atoms with E-state index in [0.29, 0.717) is 29.3 Å². The van der Waals surface area contributed by atoms with Crippen LogP contribution in [0.5, 0.6) is 5.75 Å². The predicted octanol–water partition coefficient (Wildman–Crippen LogP) is 7.37. The van der Waals surface area contributed by atoms with E-state index < -0.39 is 5.92 Å². The fraction of sp³-hybridized carbons (Fsp3) is 0.441. The van der Waals surface area contributed by atoms with Crippen LogP contribution in [0.4, 0.5) is 5.69 Å². The average molecular weight is 575 g/mol. The van der Waals surface area contributed by atoms with Crippen LogP contribution in [-0.4, -0.2) is 35.5 Å². The highest BCUT2D eigenvalue weighted by Gasteiger charge is 2.48. The van der Waals surface area contributed by atoms with Crippen LogP contribution < -0.4 is 10.1 Å². The molecule has 41 heavy (non-hydrogen) atoms. The van der Waals surface area contributed by atoms with Crippen molar-refractivity contribution in [3.05, 3.63) is 81.2 Å². The number of ketones is 2. The minimum Gasteiger partial charge on any atom is -0.484 e. The van der Waals surface area contributed by atoms with Gasteiger partial charge in [0.05, 0.1) is 0 Å². The molecule has 0 radical (unpaired) electrons. The molecule has 2 aliphatic carbocycles. The van der Waals surface area contributed by atoms with Crippen molar-refractivity contribution in [3.63, 3.8) is 0 Å². The van der Waals surface area contributed by atoms with Gasteiger partial charge in [0.2, 0.25) is 0 Å². The van der Waals surface area contributed by atoms with E-state index in [1.54, 1.807) is 12.1 Å². The fourth-order valence-electron chi connectivity index (χ4n) is 6.54. The molecule has 0 aromatic heterocycles. The van der Waals surface area contributed by atoms with Crippen molar-refractivity contribution in [2.45, 2.75) is 73.1 Å². The Morgan fingerprint density at radius 1 is 0.927 bits per heavy atom. The zero-order valence-electron chi connectivity index (χ0n) is 24.8. The Hall–Kier alpha value is -3.38. The normalized spacial score (nSPS) is 20.1. The lowest BCUT2D eigenvalue weighted by Gasteiger charge is -2.48. The van der Waals surface area contributed by atoms with Gasteiger partial charge in [-0.05, 0) is 72.9 Å². The number of nitrogens with one attached hydrogen (secondary N) is 1. The molecule has 2 aromatic carbocycles. The summed E-state index contributed by atoms with van der Waals surface area (Å²) in [4.78, 5) is 42.2. The van der Waals surface area contributed by atoms with Gasteiger partial charge in [0, 0.05) is 58.6 Å². The van der Waals surface area contributed by atoms with Gasteiger partial charge in [0.1, 0.15) is 5.75 Å². The molecule has 1 N–H and O–H groups in total. The highest BCUT2D eigenvalue weighted by atomic mass is 35.5. The lowest BCUT2D eigenvalue weighted by molar-refractivity contribution is -0.120. The third-order valence-corrected chi connectivity index (χ3v) is 8.78. The minimum absolute atomic E-state index is 0.122. The average Bonchev–Trinajstić information content (AvgIpc) is 2.87.